The average molecular weight is 392 g/mol. The summed E-state index contributed by atoms with van der Waals surface area (Å²) >= 11 is 0. The number of nitrogens with one attached hydrogen (secondary N) is 2. The SMILES string of the molecule is CCOc1ccc(NC(=O)CCNS(=O)(=O)c2ccc(C)cc2)cc1OC. The lowest BCUT2D eigenvalue weighted by molar-refractivity contribution is -0.116. The molecule has 0 aliphatic heterocycles. The second kappa shape index (κ2) is 9.38. The third-order valence-electron chi connectivity index (χ3n) is 3.72. The van der Waals surface area contributed by atoms with Gasteiger partial charge in [0.2, 0.25) is 15.9 Å². The van der Waals surface area contributed by atoms with Crippen molar-refractivity contribution in [2.24, 2.45) is 0 Å². The highest BCUT2D eigenvalue weighted by atomic mass is 32.2. The molecule has 0 aliphatic rings. The van der Waals surface area contributed by atoms with Crippen molar-refractivity contribution in [1.82, 2.24) is 4.72 Å². The van der Waals surface area contributed by atoms with Crippen molar-refractivity contribution in [3.63, 3.8) is 0 Å². The summed E-state index contributed by atoms with van der Waals surface area (Å²) in [6.45, 7) is 4.25. The van der Waals surface area contributed by atoms with Crippen LogP contribution in [0, 0.1) is 6.92 Å². The van der Waals surface area contributed by atoms with E-state index >= 15 is 0 Å². The van der Waals surface area contributed by atoms with Crippen molar-refractivity contribution in [3.8, 4) is 11.5 Å². The van der Waals surface area contributed by atoms with Gasteiger partial charge in [0.05, 0.1) is 18.6 Å². The van der Waals surface area contributed by atoms with Crippen LogP contribution in [0.1, 0.15) is 18.9 Å². The lowest BCUT2D eigenvalue weighted by atomic mass is 10.2. The van der Waals surface area contributed by atoms with Crippen molar-refractivity contribution in [2.45, 2.75) is 25.2 Å². The summed E-state index contributed by atoms with van der Waals surface area (Å²) in [7, 11) is -2.12. The van der Waals surface area contributed by atoms with Gasteiger partial charge in [-0.15, -0.1) is 0 Å². The fraction of sp³-hybridized carbons (Fsp3) is 0.316. The molecule has 2 aromatic rings. The molecule has 0 spiro atoms. The number of carbonyl (C=O) groups excluding carboxylic acids is 1. The summed E-state index contributed by atoms with van der Waals surface area (Å²) in [5, 5.41) is 2.71. The Morgan fingerprint density at radius 1 is 1.07 bits per heavy atom. The Kier molecular flexibility index (Phi) is 7.20. The number of amides is 1. The Morgan fingerprint density at radius 2 is 1.78 bits per heavy atom. The fourth-order valence-electron chi connectivity index (χ4n) is 2.34. The van der Waals surface area contributed by atoms with Crippen molar-refractivity contribution in [1.29, 1.82) is 0 Å². The quantitative estimate of drug-likeness (QED) is 0.684. The number of hydrogen-bond donors (Lipinski definition) is 2. The molecule has 0 radical (unpaired) electrons. The number of carbonyl (C=O) groups is 1. The topological polar surface area (TPSA) is 93.7 Å². The number of ether oxygens (including phenoxy) is 2. The van der Waals surface area contributed by atoms with Crippen LogP contribution in [0.5, 0.6) is 11.5 Å². The van der Waals surface area contributed by atoms with Crippen LogP contribution in [-0.2, 0) is 14.8 Å². The van der Waals surface area contributed by atoms with Gasteiger partial charge >= 0.3 is 0 Å². The second-order valence-electron chi connectivity index (χ2n) is 5.81. The number of sulfonamides is 1. The molecule has 27 heavy (non-hydrogen) atoms. The standard InChI is InChI=1S/C19H24N2O5S/c1-4-26-17-10-7-15(13-18(17)25-3)21-19(22)11-12-20-27(23,24)16-8-5-14(2)6-9-16/h5-10,13,20H,4,11-12H2,1-3H3,(H,21,22). The first kappa shape index (κ1) is 20.7. The number of rotatable bonds is 9. The van der Waals surface area contributed by atoms with Crippen molar-refractivity contribution >= 4 is 21.6 Å². The van der Waals surface area contributed by atoms with Gasteiger partial charge in [-0.1, -0.05) is 17.7 Å². The zero-order valence-corrected chi connectivity index (χ0v) is 16.4. The van der Waals surface area contributed by atoms with Crippen molar-refractivity contribution < 1.29 is 22.7 Å². The lowest BCUT2D eigenvalue weighted by Crippen LogP contribution is -2.27. The molecule has 0 aromatic heterocycles. The Balaban J connectivity index is 1.90. The number of benzene rings is 2. The molecule has 0 bridgehead atoms. The molecule has 8 heteroatoms. The monoisotopic (exact) mass is 392 g/mol. The molecular weight excluding hydrogens is 368 g/mol. The third kappa shape index (κ3) is 5.97. The van der Waals surface area contributed by atoms with E-state index in [-0.39, 0.29) is 23.8 Å². The van der Waals surface area contributed by atoms with E-state index in [1.54, 1.807) is 30.3 Å². The third-order valence-corrected chi connectivity index (χ3v) is 5.20. The van der Waals surface area contributed by atoms with E-state index in [1.807, 2.05) is 13.8 Å². The smallest absolute Gasteiger partial charge is 0.240 e. The van der Waals surface area contributed by atoms with Gasteiger partial charge in [0.1, 0.15) is 0 Å². The van der Waals surface area contributed by atoms with E-state index in [9.17, 15) is 13.2 Å². The molecule has 7 nitrogen and oxygen atoms in total. The summed E-state index contributed by atoms with van der Waals surface area (Å²) in [6.07, 6.45) is 0.000613. The summed E-state index contributed by atoms with van der Waals surface area (Å²) < 4.78 is 37.5. The van der Waals surface area contributed by atoms with E-state index < -0.39 is 10.0 Å². The first-order valence-electron chi connectivity index (χ1n) is 8.52. The summed E-state index contributed by atoms with van der Waals surface area (Å²) in [4.78, 5) is 12.2. The minimum Gasteiger partial charge on any atom is -0.493 e. The minimum absolute atomic E-state index is 0.000613. The normalized spacial score (nSPS) is 11.1. The molecular formula is C19H24N2O5S. The maximum Gasteiger partial charge on any atom is 0.240 e. The Morgan fingerprint density at radius 3 is 2.41 bits per heavy atom. The molecule has 2 N–H and O–H groups in total. The van der Waals surface area contributed by atoms with E-state index in [0.717, 1.165) is 5.56 Å². The Bertz CT molecular complexity index is 879. The largest absolute Gasteiger partial charge is 0.493 e. The van der Waals surface area contributed by atoms with Crippen LogP contribution in [0.15, 0.2) is 47.4 Å². The summed E-state index contributed by atoms with van der Waals surface area (Å²) in [6, 6.07) is 11.6. The maximum absolute atomic E-state index is 12.2. The first-order valence-corrected chi connectivity index (χ1v) is 10.0. The van der Waals surface area contributed by atoms with Gasteiger partial charge in [-0.25, -0.2) is 13.1 Å². The predicted octanol–water partition coefficient (Wildman–Crippen LogP) is 2.71. The Hall–Kier alpha value is -2.58. The fourth-order valence-corrected chi connectivity index (χ4v) is 3.38. The second-order valence-corrected chi connectivity index (χ2v) is 7.57. The number of hydrogen-bond acceptors (Lipinski definition) is 5. The molecule has 0 heterocycles. The van der Waals surface area contributed by atoms with E-state index in [1.165, 1.54) is 19.2 Å². The average Bonchev–Trinajstić information content (AvgIpc) is 2.63. The molecule has 0 saturated heterocycles. The Labute approximate surface area is 159 Å². The van der Waals surface area contributed by atoms with Crippen LogP contribution >= 0.6 is 0 Å². The van der Waals surface area contributed by atoms with Crippen LogP contribution in [0.4, 0.5) is 5.69 Å². The van der Waals surface area contributed by atoms with E-state index in [4.69, 9.17) is 9.47 Å². The van der Waals surface area contributed by atoms with Gasteiger partial charge in [-0.05, 0) is 38.1 Å². The van der Waals surface area contributed by atoms with Gasteiger partial charge in [0, 0.05) is 24.7 Å². The molecule has 146 valence electrons. The van der Waals surface area contributed by atoms with Gasteiger partial charge in [0.15, 0.2) is 11.5 Å². The highest BCUT2D eigenvalue weighted by molar-refractivity contribution is 7.89. The zero-order chi connectivity index (χ0) is 19.9. The predicted molar refractivity (Wildman–Crippen MR) is 104 cm³/mol. The van der Waals surface area contributed by atoms with E-state index in [2.05, 4.69) is 10.0 Å². The van der Waals surface area contributed by atoms with Gasteiger partial charge < -0.3 is 14.8 Å². The molecule has 0 unspecified atom stereocenters. The van der Waals surface area contributed by atoms with Crippen LogP contribution in [0.3, 0.4) is 0 Å². The molecule has 1 amide bonds. The van der Waals surface area contributed by atoms with Gasteiger partial charge in [-0.2, -0.15) is 0 Å². The molecule has 0 saturated carbocycles. The van der Waals surface area contributed by atoms with Gasteiger partial charge in [0.25, 0.3) is 0 Å². The van der Waals surface area contributed by atoms with Crippen LogP contribution < -0.4 is 19.5 Å². The summed E-state index contributed by atoms with van der Waals surface area (Å²) in [5.41, 5.74) is 1.51. The first-order chi connectivity index (χ1) is 12.9. The summed E-state index contributed by atoms with van der Waals surface area (Å²) in [5.74, 6) is 0.784. The maximum atomic E-state index is 12.2. The number of aryl methyl sites for hydroxylation is 1. The molecule has 2 rings (SSSR count). The zero-order valence-electron chi connectivity index (χ0n) is 15.6. The number of anilines is 1. The minimum atomic E-state index is -3.63. The van der Waals surface area contributed by atoms with Crippen molar-refractivity contribution in [3.05, 3.63) is 48.0 Å². The molecule has 2 aromatic carbocycles. The van der Waals surface area contributed by atoms with Crippen LogP contribution in [0.25, 0.3) is 0 Å². The molecule has 0 fully saturated rings. The highest BCUT2D eigenvalue weighted by Crippen LogP contribution is 2.30. The number of methoxy groups -OCH3 is 1. The lowest BCUT2D eigenvalue weighted by Gasteiger charge is -2.12. The van der Waals surface area contributed by atoms with Crippen LogP contribution in [-0.4, -0.2) is 34.6 Å². The molecule has 0 atom stereocenters. The van der Waals surface area contributed by atoms with Crippen molar-refractivity contribution in [2.75, 3.05) is 25.6 Å². The highest BCUT2D eigenvalue weighted by Gasteiger charge is 2.14. The van der Waals surface area contributed by atoms with Gasteiger partial charge in [-0.3, -0.25) is 4.79 Å². The van der Waals surface area contributed by atoms with E-state index in [0.29, 0.717) is 23.8 Å². The van der Waals surface area contributed by atoms with Crippen LogP contribution in [0.2, 0.25) is 0 Å². The molecule has 0 aliphatic carbocycles.